The van der Waals surface area contributed by atoms with Gasteiger partial charge in [-0.2, -0.15) is 0 Å². The van der Waals surface area contributed by atoms with Crippen LogP contribution >= 0.6 is 0 Å². The number of carbonyl (C=O) groups excluding carboxylic acids is 2. The van der Waals surface area contributed by atoms with Gasteiger partial charge in [0.1, 0.15) is 0 Å². The lowest BCUT2D eigenvalue weighted by atomic mass is 9.81. The number of hydrogen-bond acceptors (Lipinski definition) is 3. The summed E-state index contributed by atoms with van der Waals surface area (Å²) in [6.45, 7) is 0. The first-order chi connectivity index (χ1) is 9.72. The molecule has 0 N–H and O–H groups in total. The number of ketones is 1. The lowest BCUT2D eigenvalue weighted by Gasteiger charge is -2.20. The van der Waals surface area contributed by atoms with Crippen molar-refractivity contribution in [1.29, 1.82) is 0 Å². The Morgan fingerprint density at radius 3 is 2.00 bits per heavy atom. The van der Waals surface area contributed by atoms with Gasteiger partial charge in [-0.1, -0.05) is 48.5 Å². The van der Waals surface area contributed by atoms with Crippen molar-refractivity contribution >= 4 is 17.3 Å². The van der Waals surface area contributed by atoms with Crippen LogP contribution in [0.4, 0.5) is 0 Å². The number of esters is 1. The van der Waals surface area contributed by atoms with Crippen molar-refractivity contribution in [3.8, 4) is 11.1 Å². The van der Waals surface area contributed by atoms with Crippen molar-refractivity contribution in [1.82, 2.24) is 0 Å². The summed E-state index contributed by atoms with van der Waals surface area (Å²) in [5.74, 6) is -0.674. The van der Waals surface area contributed by atoms with Gasteiger partial charge in [0, 0.05) is 17.2 Å². The van der Waals surface area contributed by atoms with Gasteiger partial charge in [0.05, 0.1) is 7.11 Å². The van der Waals surface area contributed by atoms with Crippen LogP contribution < -0.4 is 0 Å². The Bertz CT molecular complexity index is 741. The Morgan fingerprint density at radius 1 is 0.900 bits per heavy atom. The normalized spacial score (nSPS) is 14.7. The smallest absolute Gasteiger partial charge is 0.331 e. The fraction of sp³-hybridized carbons (Fsp3) is 0.0588. The maximum absolute atomic E-state index is 12.6. The summed E-state index contributed by atoms with van der Waals surface area (Å²) in [4.78, 5) is 24.1. The third kappa shape index (κ3) is 1.84. The van der Waals surface area contributed by atoms with Gasteiger partial charge in [-0.25, -0.2) is 4.79 Å². The van der Waals surface area contributed by atoms with Crippen LogP contribution in [0.2, 0.25) is 0 Å². The molecule has 3 nitrogen and oxygen atoms in total. The molecular weight excluding hydrogens is 252 g/mol. The summed E-state index contributed by atoms with van der Waals surface area (Å²) >= 11 is 0. The zero-order valence-corrected chi connectivity index (χ0v) is 10.9. The van der Waals surface area contributed by atoms with Crippen LogP contribution in [0.15, 0.2) is 54.6 Å². The molecule has 3 heteroatoms. The maximum atomic E-state index is 12.6. The highest BCUT2D eigenvalue weighted by Gasteiger charge is 2.27. The van der Waals surface area contributed by atoms with Gasteiger partial charge in [-0.15, -0.1) is 0 Å². The molecule has 0 fully saturated rings. The Labute approximate surface area is 116 Å². The van der Waals surface area contributed by atoms with Crippen LogP contribution in [0.1, 0.15) is 15.9 Å². The zero-order chi connectivity index (χ0) is 14.1. The van der Waals surface area contributed by atoms with E-state index in [9.17, 15) is 9.59 Å². The molecule has 0 aliphatic heterocycles. The second kappa shape index (κ2) is 4.78. The largest absolute Gasteiger partial charge is 0.466 e. The van der Waals surface area contributed by atoms with Crippen LogP contribution in [0.25, 0.3) is 16.7 Å². The van der Waals surface area contributed by atoms with Gasteiger partial charge in [0.15, 0.2) is 5.78 Å². The molecule has 2 aromatic carbocycles. The van der Waals surface area contributed by atoms with Crippen LogP contribution in [0, 0.1) is 0 Å². The topological polar surface area (TPSA) is 43.4 Å². The summed E-state index contributed by atoms with van der Waals surface area (Å²) in [7, 11) is 1.30. The predicted molar refractivity (Wildman–Crippen MR) is 76.2 cm³/mol. The van der Waals surface area contributed by atoms with Crippen molar-refractivity contribution < 1.29 is 14.3 Å². The first-order valence-corrected chi connectivity index (χ1v) is 6.25. The van der Waals surface area contributed by atoms with Gasteiger partial charge in [-0.3, -0.25) is 4.79 Å². The second-order valence-electron chi connectivity index (χ2n) is 4.50. The fourth-order valence-electron chi connectivity index (χ4n) is 2.46. The SMILES string of the molecule is COC(=O)C=C1C(=O)c2ccccc2-c2ccccc21. The highest BCUT2D eigenvalue weighted by atomic mass is 16.5. The first kappa shape index (κ1) is 12.4. The molecule has 1 aliphatic carbocycles. The Morgan fingerprint density at radius 2 is 1.40 bits per heavy atom. The number of carbonyl (C=O) groups is 2. The molecule has 0 unspecified atom stereocenters. The van der Waals surface area contributed by atoms with Gasteiger partial charge in [-0.05, 0) is 16.7 Å². The lowest BCUT2D eigenvalue weighted by Crippen LogP contribution is -2.13. The van der Waals surface area contributed by atoms with Crippen molar-refractivity contribution in [2.45, 2.75) is 0 Å². The average molecular weight is 264 g/mol. The van der Waals surface area contributed by atoms with Gasteiger partial charge >= 0.3 is 5.97 Å². The minimum absolute atomic E-state index is 0.148. The Balaban J connectivity index is 2.29. The highest BCUT2D eigenvalue weighted by Crippen LogP contribution is 2.38. The van der Waals surface area contributed by atoms with Crippen LogP contribution in [0.5, 0.6) is 0 Å². The number of allylic oxidation sites excluding steroid dienone is 1. The highest BCUT2D eigenvalue weighted by molar-refractivity contribution is 6.36. The van der Waals surface area contributed by atoms with E-state index in [0.717, 1.165) is 16.7 Å². The lowest BCUT2D eigenvalue weighted by molar-refractivity contribution is -0.134. The van der Waals surface area contributed by atoms with E-state index in [1.807, 2.05) is 42.5 Å². The van der Waals surface area contributed by atoms with Gasteiger partial charge in [0.2, 0.25) is 0 Å². The van der Waals surface area contributed by atoms with Crippen LogP contribution in [0.3, 0.4) is 0 Å². The molecule has 0 aromatic heterocycles. The maximum Gasteiger partial charge on any atom is 0.331 e. The molecule has 0 radical (unpaired) electrons. The molecule has 0 spiro atoms. The molecular formula is C17H12O3. The summed E-state index contributed by atoms with van der Waals surface area (Å²) in [6.07, 6.45) is 1.26. The molecule has 0 saturated heterocycles. The molecule has 20 heavy (non-hydrogen) atoms. The number of ether oxygens (including phenoxy) is 1. The van der Waals surface area contributed by atoms with Crippen LogP contribution in [-0.2, 0) is 9.53 Å². The van der Waals surface area contributed by atoms with E-state index in [2.05, 4.69) is 4.74 Å². The zero-order valence-electron chi connectivity index (χ0n) is 10.9. The van der Waals surface area contributed by atoms with E-state index in [0.29, 0.717) is 11.1 Å². The third-order valence-corrected chi connectivity index (χ3v) is 3.39. The third-order valence-electron chi connectivity index (χ3n) is 3.39. The summed E-state index contributed by atoms with van der Waals surface area (Å²) in [5, 5.41) is 0. The molecule has 3 rings (SSSR count). The molecule has 2 aromatic rings. The molecule has 0 heterocycles. The van der Waals surface area contributed by atoms with E-state index in [1.54, 1.807) is 6.07 Å². The fourth-order valence-corrected chi connectivity index (χ4v) is 2.46. The summed E-state index contributed by atoms with van der Waals surface area (Å²) < 4.78 is 4.64. The van der Waals surface area contributed by atoms with Crippen molar-refractivity contribution in [2.75, 3.05) is 7.11 Å². The van der Waals surface area contributed by atoms with Crippen LogP contribution in [-0.4, -0.2) is 18.9 Å². The van der Waals surface area contributed by atoms with Crippen molar-refractivity contribution in [3.05, 3.63) is 65.7 Å². The number of benzene rings is 2. The minimum Gasteiger partial charge on any atom is -0.466 e. The van der Waals surface area contributed by atoms with E-state index in [-0.39, 0.29) is 5.78 Å². The predicted octanol–water partition coefficient (Wildman–Crippen LogP) is 3.11. The quantitative estimate of drug-likeness (QED) is 0.587. The molecule has 98 valence electrons. The first-order valence-electron chi connectivity index (χ1n) is 6.25. The number of methoxy groups -OCH3 is 1. The number of rotatable bonds is 1. The Hall–Kier alpha value is -2.68. The van der Waals surface area contributed by atoms with Gasteiger partial charge < -0.3 is 4.74 Å². The average Bonchev–Trinajstić information content (AvgIpc) is 2.51. The molecule has 0 amide bonds. The Kier molecular flexibility index (Phi) is 2.95. The molecule has 1 aliphatic rings. The molecule has 0 atom stereocenters. The minimum atomic E-state index is -0.525. The van der Waals surface area contributed by atoms with E-state index >= 15 is 0 Å². The van der Waals surface area contributed by atoms with E-state index in [4.69, 9.17) is 0 Å². The molecule has 0 saturated carbocycles. The number of fused-ring (bicyclic) bond motifs is 3. The van der Waals surface area contributed by atoms with E-state index in [1.165, 1.54) is 13.2 Å². The number of hydrogen-bond donors (Lipinski definition) is 0. The van der Waals surface area contributed by atoms with Crippen molar-refractivity contribution in [3.63, 3.8) is 0 Å². The van der Waals surface area contributed by atoms with E-state index < -0.39 is 5.97 Å². The van der Waals surface area contributed by atoms with Crippen molar-refractivity contribution in [2.24, 2.45) is 0 Å². The number of Topliss-reactive ketones (excluding diaryl/α,β-unsaturated/α-hetero) is 1. The summed E-state index contributed by atoms with van der Waals surface area (Å²) in [6, 6.07) is 15.0. The second-order valence-corrected chi connectivity index (χ2v) is 4.50. The van der Waals surface area contributed by atoms with Gasteiger partial charge in [0.25, 0.3) is 0 Å². The monoisotopic (exact) mass is 264 g/mol. The molecule has 0 bridgehead atoms. The standard InChI is InChI=1S/C17H12O3/c1-20-16(18)10-15-13-8-3-2-6-11(13)12-7-4-5-9-14(12)17(15)19/h2-10H,1H3. The summed E-state index contributed by atoms with van der Waals surface area (Å²) in [5.41, 5.74) is 3.61.